The number of hydrogen-bond donors (Lipinski definition) is 2. The Bertz CT molecular complexity index is 290. The third-order valence-electron chi connectivity index (χ3n) is 2.10. The number of H-pyrrole nitrogens is 1. The lowest BCUT2D eigenvalue weighted by Gasteiger charge is -2.04. The molecule has 14 heavy (non-hydrogen) atoms. The summed E-state index contributed by atoms with van der Waals surface area (Å²) in [7, 11) is 0. The van der Waals surface area contributed by atoms with Crippen molar-refractivity contribution in [3.05, 3.63) is 24.5 Å². The van der Waals surface area contributed by atoms with Gasteiger partial charge in [-0.15, -0.1) is 0 Å². The first-order chi connectivity index (χ1) is 6.84. The van der Waals surface area contributed by atoms with E-state index in [-0.39, 0.29) is 0 Å². The van der Waals surface area contributed by atoms with Crippen LogP contribution in [0.25, 0.3) is 0 Å². The van der Waals surface area contributed by atoms with Crippen LogP contribution in [0.4, 0.5) is 0 Å². The summed E-state index contributed by atoms with van der Waals surface area (Å²) in [6, 6.07) is 0.764. The predicted octanol–water partition coefficient (Wildman–Crippen LogP) is 1.81. The summed E-state index contributed by atoms with van der Waals surface area (Å²) in [4.78, 5) is 7.20. The molecule has 76 valence electrons. The molecule has 0 radical (unpaired) electrons. The summed E-state index contributed by atoms with van der Waals surface area (Å²) < 4.78 is 0. The third kappa shape index (κ3) is 3.20. The largest absolute Gasteiger partial charge is 0.340 e. The van der Waals surface area contributed by atoms with Crippen molar-refractivity contribution < 1.29 is 0 Å². The zero-order valence-electron chi connectivity index (χ0n) is 8.12. The Morgan fingerprint density at radius 1 is 1.71 bits per heavy atom. The molecule has 1 fully saturated rings. The number of aromatic amines is 1. The standard InChI is InChI=1S/C10H15N3S/c1-8(6-13-9-2-3-9)7-14-10-11-4-5-12-10/h4-5,9,13H,1-3,6-7H2,(H,11,12). The highest BCUT2D eigenvalue weighted by atomic mass is 32.2. The summed E-state index contributed by atoms with van der Waals surface area (Å²) in [5.74, 6) is 0.938. The minimum atomic E-state index is 0.764. The number of imidazole rings is 1. The minimum absolute atomic E-state index is 0.764. The van der Waals surface area contributed by atoms with Gasteiger partial charge in [0, 0.05) is 30.7 Å². The van der Waals surface area contributed by atoms with Crippen molar-refractivity contribution in [1.29, 1.82) is 0 Å². The fraction of sp³-hybridized carbons (Fsp3) is 0.500. The zero-order valence-corrected chi connectivity index (χ0v) is 8.94. The molecule has 3 nitrogen and oxygen atoms in total. The number of thioether (sulfide) groups is 1. The smallest absolute Gasteiger partial charge is 0.165 e. The van der Waals surface area contributed by atoms with Crippen LogP contribution in [0.5, 0.6) is 0 Å². The van der Waals surface area contributed by atoms with Crippen LogP contribution in [0, 0.1) is 0 Å². The predicted molar refractivity (Wildman–Crippen MR) is 59.5 cm³/mol. The fourth-order valence-electron chi connectivity index (χ4n) is 1.13. The molecular weight excluding hydrogens is 194 g/mol. The van der Waals surface area contributed by atoms with Crippen molar-refractivity contribution in [3.8, 4) is 0 Å². The lowest BCUT2D eigenvalue weighted by molar-refractivity contribution is 0.736. The number of nitrogens with zero attached hydrogens (tertiary/aromatic N) is 1. The summed E-state index contributed by atoms with van der Waals surface area (Å²) in [5, 5.41) is 4.41. The van der Waals surface area contributed by atoms with E-state index in [0.29, 0.717) is 0 Å². The van der Waals surface area contributed by atoms with Crippen LogP contribution >= 0.6 is 11.8 Å². The van der Waals surface area contributed by atoms with Gasteiger partial charge in [0.1, 0.15) is 0 Å². The van der Waals surface area contributed by atoms with Crippen LogP contribution in [-0.2, 0) is 0 Å². The topological polar surface area (TPSA) is 40.7 Å². The molecule has 0 aromatic carbocycles. The van der Waals surface area contributed by atoms with Crippen LogP contribution in [0.2, 0.25) is 0 Å². The average Bonchev–Trinajstić information content (AvgIpc) is 2.87. The van der Waals surface area contributed by atoms with E-state index in [4.69, 9.17) is 0 Å². The van der Waals surface area contributed by atoms with E-state index < -0.39 is 0 Å². The van der Waals surface area contributed by atoms with Gasteiger partial charge in [0.15, 0.2) is 5.16 Å². The fourth-order valence-corrected chi connectivity index (χ4v) is 1.86. The molecule has 0 amide bonds. The second-order valence-electron chi connectivity index (χ2n) is 3.59. The summed E-state index contributed by atoms with van der Waals surface area (Å²) in [6.45, 7) is 4.97. The zero-order chi connectivity index (χ0) is 9.80. The lowest BCUT2D eigenvalue weighted by atomic mass is 10.3. The molecule has 2 rings (SSSR count). The van der Waals surface area contributed by atoms with Gasteiger partial charge in [-0.2, -0.15) is 0 Å². The number of rotatable bonds is 6. The van der Waals surface area contributed by atoms with Gasteiger partial charge < -0.3 is 10.3 Å². The molecule has 1 aliphatic rings. The maximum atomic E-state index is 4.14. The molecule has 0 aliphatic heterocycles. The van der Waals surface area contributed by atoms with E-state index in [0.717, 1.165) is 23.5 Å². The molecule has 0 atom stereocenters. The highest BCUT2D eigenvalue weighted by molar-refractivity contribution is 7.99. The molecule has 4 heteroatoms. The van der Waals surface area contributed by atoms with Crippen molar-refractivity contribution in [1.82, 2.24) is 15.3 Å². The normalized spacial score (nSPS) is 15.7. The average molecular weight is 209 g/mol. The molecule has 1 aromatic heterocycles. The molecule has 0 spiro atoms. The number of nitrogens with one attached hydrogen (secondary N) is 2. The van der Waals surface area contributed by atoms with Gasteiger partial charge in [0.2, 0.25) is 0 Å². The first-order valence-corrected chi connectivity index (χ1v) is 5.85. The highest BCUT2D eigenvalue weighted by Gasteiger charge is 2.19. The molecule has 1 aromatic rings. The van der Waals surface area contributed by atoms with Crippen molar-refractivity contribution in [2.45, 2.75) is 24.0 Å². The molecule has 2 N–H and O–H groups in total. The van der Waals surface area contributed by atoms with Gasteiger partial charge in [-0.1, -0.05) is 23.9 Å². The van der Waals surface area contributed by atoms with Crippen molar-refractivity contribution >= 4 is 11.8 Å². The molecule has 1 saturated carbocycles. The summed E-state index contributed by atoms with van der Waals surface area (Å²) in [5.41, 5.74) is 1.23. The second-order valence-corrected chi connectivity index (χ2v) is 4.55. The molecule has 1 aliphatic carbocycles. The highest BCUT2D eigenvalue weighted by Crippen LogP contribution is 2.19. The van der Waals surface area contributed by atoms with Gasteiger partial charge in [-0.05, 0) is 12.8 Å². The number of aromatic nitrogens is 2. The molecule has 0 unspecified atom stereocenters. The van der Waals surface area contributed by atoms with E-state index >= 15 is 0 Å². The van der Waals surface area contributed by atoms with Gasteiger partial charge >= 0.3 is 0 Å². The Balaban J connectivity index is 1.62. The SMILES string of the molecule is C=C(CNC1CC1)CSc1ncc[nH]1. The third-order valence-corrected chi connectivity index (χ3v) is 3.15. The van der Waals surface area contributed by atoms with E-state index in [9.17, 15) is 0 Å². The summed E-state index contributed by atoms with van der Waals surface area (Å²) in [6.07, 6.45) is 6.28. The van der Waals surface area contributed by atoms with Crippen LogP contribution in [0.1, 0.15) is 12.8 Å². The van der Waals surface area contributed by atoms with Crippen LogP contribution in [0.15, 0.2) is 29.7 Å². The Morgan fingerprint density at radius 3 is 3.21 bits per heavy atom. The van der Waals surface area contributed by atoms with Gasteiger partial charge in [-0.25, -0.2) is 4.98 Å². The lowest BCUT2D eigenvalue weighted by Crippen LogP contribution is -2.19. The van der Waals surface area contributed by atoms with Crippen LogP contribution in [-0.4, -0.2) is 28.3 Å². The van der Waals surface area contributed by atoms with Gasteiger partial charge in [0.05, 0.1) is 0 Å². The van der Waals surface area contributed by atoms with Crippen LogP contribution < -0.4 is 5.32 Å². The van der Waals surface area contributed by atoms with Gasteiger partial charge in [0.25, 0.3) is 0 Å². The monoisotopic (exact) mass is 209 g/mol. The Labute approximate surface area is 88.4 Å². The van der Waals surface area contributed by atoms with E-state index in [1.165, 1.54) is 18.4 Å². The Morgan fingerprint density at radius 2 is 2.57 bits per heavy atom. The molecule has 0 bridgehead atoms. The van der Waals surface area contributed by atoms with E-state index in [2.05, 4.69) is 21.9 Å². The quantitative estimate of drug-likeness (QED) is 0.554. The van der Waals surface area contributed by atoms with Crippen LogP contribution in [0.3, 0.4) is 0 Å². The number of hydrogen-bond acceptors (Lipinski definition) is 3. The molecule has 1 heterocycles. The van der Waals surface area contributed by atoms with Crippen molar-refractivity contribution in [2.75, 3.05) is 12.3 Å². The van der Waals surface area contributed by atoms with Crippen molar-refractivity contribution in [3.63, 3.8) is 0 Å². The molecular formula is C10H15N3S. The Kier molecular flexibility index (Phi) is 3.26. The first-order valence-electron chi connectivity index (χ1n) is 4.87. The first kappa shape index (κ1) is 9.80. The van der Waals surface area contributed by atoms with E-state index in [1.54, 1.807) is 18.0 Å². The minimum Gasteiger partial charge on any atom is -0.340 e. The van der Waals surface area contributed by atoms with Gasteiger partial charge in [-0.3, -0.25) is 0 Å². The van der Waals surface area contributed by atoms with Crippen molar-refractivity contribution in [2.24, 2.45) is 0 Å². The Hall–Kier alpha value is -0.740. The summed E-state index contributed by atoms with van der Waals surface area (Å²) >= 11 is 1.70. The maximum absolute atomic E-state index is 4.14. The second kappa shape index (κ2) is 4.66. The maximum Gasteiger partial charge on any atom is 0.165 e. The van der Waals surface area contributed by atoms with E-state index in [1.807, 2.05) is 6.20 Å². The molecule has 0 saturated heterocycles.